The maximum Gasteiger partial charge on any atom is 0.350 e. The molecule has 0 aliphatic heterocycles. The third kappa shape index (κ3) is 3.19. The molecule has 0 spiro atoms. The molecule has 0 radical (unpaired) electrons. The number of thiophene rings is 1. The average molecular weight is 308 g/mol. The van der Waals surface area contributed by atoms with Gasteiger partial charge in [-0.1, -0.05) is 0 Å². The molecule has 2 aromatic rings. The van der Waals surface area contributed by atoms with Crippen LogP contribution in [0.25, 0.3) is 0 Å². The molecule has 3 N–H and O–H groups in total. The second kappa shape index (κ2) is 5.92. The van der Waals surface area contributed by atoms with Crippen molar-refractivity contribution in [1.29, 1.82) is 0 Å². The number of amides is 1. The molecule has 2 rings (SSSR count). The monoisotopic (exact) mass is 308 g/mol. The second-order valence-corrected chi connectivity index (χ2v) is 5.22. The van der Waals surface area contributed by atoms with Crippen LogP contribution in [0.5, 0.6) is 0 Å². The highest BCUT2D eigenvalue weighted by molar-refractivity contribution is 7.12. The summed E-state index contributed by atoms with van der Waals surface area (Å²) in [5, 5.41) is 4.32. The van der Waals surface area contributed by atoms with Crippen LogP contribution in [0.15, 0.2) is 23.6 Å². The number of carbonyl (C=O) groups is 2. The zero-order valence-corrected chi connectivity index (χ0v) is 12.2. The summed E-state index contributed by atoms with van der Waals surface area (Å²) in [6, 6.07) is 3.55. The molecular formula is C14H13FN2O3S. The largest absolute Gasteiger partial charge is 0.465 e. The van der Waals surface area contributed by atoms with Crippen LogP contribution in [0, 0.1) is 12.7 Å². The number of anilines is 2. The van der Waals surface area contributed by atoms with Crippen molar-refractivity contribution in [2.75, 3.05) is 18.2 Å². The van der Waals surface area contributed by atoms with Gasteiger partial charge < -0.3 is 15.8 Å². The molecule has 5 nitrogen and oxygen atoms in total. The van der Waals surface area contributed by atoms with Gasteiger partial charge in [-0.05, 0) is 36.1 Å². The predicted molar refractivity (Wildman–Crippen MR) is 79.2 cm³/mol. The number of hydrogen-bond acceptors (Lipinski definition) is 5. The van der Waals surface area contributed by atoms with Crippen molar-refractivity contribution in [3.05, 3.63) is 45.4 Å². The molecule has 0 aliphatic carbocycles. The number of carbonyl (C=O) groups excluding carboxylic acids is 2. The smallest absolute Gasteiger partial charge is 0.350 e. The fraction of sp³-hybridized carbons (Fsp3) is 0.143. The quantitative estimate of drug-likeness (QED) is 0.675. The van der Waals surface area contributed by atoms with Gasteiger partial charge in [-0.25, -0.2) is 9.18 Å². The standard InChI is InChI=1S/C14H13FN2O3S/c1-7-6-21-12(14(19)20-2)11(7)17-13(18)8-3-9(15)5-10(16)4-8/h3-6H,16H2,1-2H3,(H,17,18). The van der Waals surface area contributed by atoms with Gasteiger partial charge in [-0.2, -0.15) is 0 Å². The number of nitrogens with two attached hydrogens (primary N) is 1. The zero-order chi connectivity index (χ0) is 15.6. The van der Waals surface area contributed by atoms with Gasteiger partial charge in [0.25, 0.3) is 5.91 Å². The van der Waals surface area contributed by atoms with Crippen molar-refractivity contribution in [3.8, 4) is 0 Å². The predicted octanol–water partition coefficient (Wildman–Crippen LogP) is 2.82. The van der Waals surface area contributed by atoms with Crippen molar-refractivity contribution >= 4 is 34.6 Å². The van der Waals surface area contributed by atoms with Crippen LogP contribution < -0.4 is 11.1 Å². The van der Waals surface area contributed by atoms with Gasteiger partial charge in [0.15, 0.2) is 0 Å². The van der Waals surface area contributed by atoms with E-state index in [1.807, 2.05) is 0 Å². The minimum Gasteiger partial charge on any atom is -0.465 e. The summed E-state index contributed by atoms with van der Waals surface area (Å²) in [5.74, 6) is -1.69. The van der Waals surface area contributed by atoms with Crippen molar-refractivity contribution in [2.45, 2.75) is 6.92 Å². The van der Waals surface area contributed by atoms with E-state index >= 15 is 0 Å². The van der Waals surface area contributed by atoms with E-state index in [-0.39, 0.29) is 16.1 Å². The molecule has 0 bridgehead atoms. The molecule has 0 atom stereocenters. The number of esters is 1. The number of ether oxygens (including phenoxy) is 1. The Morgan fingerprint density at radius 2 is 2.05 bits per heavy atom. The summed E-state index contributed by atoms with van der Waals surface area (Å²) < 4.78 is 17.9. The Morgan fingerprint density at radius 3 is 2.67 bits per heavy atom. The Kier molecular flexibility index (Phi) is 4.23. The SMILES string of the molecule is COC(=O)c1scc(C)c1NC(=O)c1cc(N)cc(F)c1. The summed E-state index contributed by atoms with van der Waals surface area (Å²) in [5.41, 5.74) is 6.82. The second-order valence-electron chi connectivity index (χ2n) is 4.34. The Labute approximate surface area is 124 Å². The molecule has 0 unspecified atom stereocenters. The Bertz CT molecular complexity index is 692. The highest BCUT2D eigenvalue weighted by Crippen LogP contribution is 2.29. The van der Waals surface area contributed by atoms with Gasteiger partial charge in [-0.15, -0.1) is 11.3 Å². The van der Waals surface area contributed by atoms with E-state index in [0.29, 0.717) is 5.69 Å². The zero-order valence-electron chi connectivity index (χ0n) is 11.4. The number of halogens is 1. The van der Waals surface area contributed by atoms with Crippen LogP contribution in [-0.2, 0) is 4.74 Å². The number of rotatable bonds is 3. The fourth-order valence-corrected chi connectivity index (χ4v) is 2.69. The van der Waals surface area contributed by atoms with E-state index < -0.39 is 17.7 Å². The van der Waals surface area contributed by atoms with Crippen LogP contribution in [0.3, 0.4) is 0 Å². The maximum absolute atomic E-state index is 13.3. The topological polar surface area (TPSA) is 81.4 Å². The molecule has 110 valence electrons. The first-order valence-electron chi connectivity index (χ1n) is 5.96. The number of benzene rings is 1. The molecule has 1 aromatic carbocycles. The van der Waals surface area contributed by atoms with E-state index in [4.69, 9.17) is 5.73 Å². The van der Waals surface area contributed by atoms with Gasteiger partial charge in [-0.3, -0.25) is 4.79 Å². The summed E-state index contributed by atoms with van der Waals surface area (Å²) in [4.78, 5) is 24.1. The van der Waals surface area contributed by atoms with Gasteiger partial charge in [0.2, 0.25) is 0 Å². The first-order chi connectivity index (χ1) is 9.92. The van der Waals surface area contributed by atoms with Crippen molar-refractivity contribution in [2.24, 2.45) is 0 Å². The Morgan fingerprint density at radius 1 is 1.33 bits per heavy atom. The van der Waals surface area contributed by atoms with Crippen molar-refractivity contribution in [1.82, 2.24) is 0 Å². The number of nitrogens with one attached hydrogen (secondary N) is 1. The molecule has 7 heteroatoms. The Balaban J connectivity index is 2.31. The molecule has 21 heavy (non-hydrogen) atoms. The third-order valence-corrected chi connectivity index (χ3v) is 3.84. The van der Waals surface area contributed by atoms with Crippen LogP contribution in [0.1, 0.15) is 25.6 Å². The Hall–Kier alpha value is -2.41. The molecule has 0 saturated heterocycles. The summed E-state index contributed by atoms with van der Waals surface area (Å²) >= 11 is 1.16. The lowest BCUT2D eigenvalue weighted by molar-refractivity contribution is 0.0607. The number of hydrogen-bond donors (Lipinski definition) is 2. The van der Waals surface area contributed by atoms with E-state index in [9.17, 15) is 14.0 Å². The highest BCUT2D eigenvalue weighted by Gasteiger charge is 2.19. The molecule has 0 fully saturated rings. The maximum atomic E-state index is 13.3. The number of methoxy groups -OCH3 is 1. The van der Waals surface area contributed by atoms with Crippen LogP contribution in [0.2, 0.25) is 0 Å². The molecule has 1 heterocycles. The minimum absolute atomic E-state index is 0.0777. The molecular weight excluding hydrogens is 295 g/mol. The summed E-state index contributed by atoms with van der Waals surface area (Å²) in [7, 11) is 1.26. The van der Waals surface area contributed by atoms with Gasteiger partial charge in [0.1, 0.15) is 10.7 Å². The third-order valence-electron chi connectivity index (χ3n) is 2.77. The van der Waals surface area contributed by atoms with Gasteiger partial charge >= 0.3 is 5.97 Å². The van der Waals surface area contributed by atoms with Gasteiger partial charge in [0.05, 0.1) is 12.8 Å². The molecule has 1 amide bonds. The molecule has 1 aromatic heterocycles. The lowest BCUT2D eigenvalue weighted by Gasteiger charge is -2.08. The van der Waals surface area contributed by atoms with E-state index in [0.717, 1.165) is 29.0 Å². The molecule has 0 aliphatic rings. The average Bonchev–Trinajstić information content (AvgIpc) is 2.78. The minimum atomic E-state index is -0.601. The van der Waals surface area contributed by atoms with Crippen LogP contribution >= 0.6 is 11.3 Å². The summed E-state index contributed by atoms with van der Waals surface area (Å²) in [6.45, 7) is 1.75. The van der Waals surface area contributed by atoms with E-state index in [2.05, 4.69) is 10.1 Å². The number of nitrogen functional groups attached to an aromatic ring is 1. The number of aryl methyl sites for hydroxylation is 1. The highest BCUT2D eigenvalue weighted by atomic mass is 32.1. The molecule has 0 saturated carbocycles. The lowest BCUT2D eigenvalue weighted by Crippen LogP contribution is -2.15. The van der Waals surface area contributed by atoms with Crippen LogP contribution in [-0.4, -0.2) is 19.0 Å². The first-order valence-corrected chi connectivity index (χ1v) is 6.84. The van der Waals surface area contributed by atoms with Crippen molar-refractivity contribution < 1.29 is 18.7 Å². The van der Waals surface area contributed by atoms with E-state index in [1.54, 1.807) is 12.3 Å². The summed E-state index contributed by atoms with van der Waals surface area (Å²) in [6.07, 6.45) is 0. The normalized spacial score (nSPS) is 10.2. The van der Waals surface area contributed by atoms with Gasteiger partial charge in [0, 0.05) is 11.3 Å². The fourth-order valence-electron chi connectivity index (χ4n) is 1.77. The van der Waals surface area contributed by atoms with E-state index in [1.165, 1.54) is 13.2 Å². The lowest BCUT2D eigenvalue weighted by atomic mass is 10.1. The van der Waals surface area contributed by atoms with Crippen LogP contribution in [0.4, 0.5) is 15.8 Å². The first kappa shape index (κ1) is 15.0. The van der Waals surface area contributed by atoms with Crippen molar-refractivity contribution in [3.63, 3.8) is 0 Å².